The summed E-state index contributed by atoms with van der Waals surface area (Å²) in [6.07, 6.45) is 1.84. The van der Waals surface area contributed by atoms with Gasteiger partial charge in [-0.25, -0.2) is 0 Å². The average molecular weight is 306 g/mol. The highest BCUT2D eigenvalue weighted by Crippen LogP contribution is 2.28. The smallest absolute Gasteiger partial charge is 0.348 e. The minimum Gasteiger partial charge on any atom is -0.348 e. The van der Waals surface area contributed by atoms with Crippen molar-refractivity contribution in [1.29, 1.82) is 0 Å². The van der Waals surface area contributed by atoms with E-state index in [-0.39, 0.29) is 12.5 Å². The monoisotopic (exact) mass is 306 g/mol. The van der Waals surface area contributed by atoms with Gasteiger partial charge in [-0.1, -0.05) is 18.2 Å². The van der Waals surface area contributed by atoms with Crippen LogP contribution in [0.5, 0.6) is 0 Å². The van der Waals surface area contributed by atoms with E-state index in [4.69, 9.17) is 0 Å². The average Bonchev–Trinajstić information content (AvgIpc) is 2.51. The summed E-state index contributed by atoms with van der Waals surface area (Å²) in [5.41, 5.74) is 0.669. The number of alkyl halides is 3. The second-order valence-electron chi connectivity index (χ2n) is 4.53. The molecule has 3 nitrogen and oxygen atoms in total. The zero-order chi connectivity index (χ0) is 16.0. The number of carbonyl (C=O) groups is 1. The van der Waals surface area contributed by atoms with Crippen molar-refractivity contribution < 1.29 is 18.0 Å². The van der Waals surface area contributed by atoms with Gasteiger partial charge in [0.25, 0.3) is 0 Å². The van der Waals surface area contributed by atoms with E-state index >= 15 is 0 Å². The molecule has 1 N–H and O–H groups in total. The Balaban J connectivity index is 1.87. The highest BCUT2D eigenvalue weighted by molar-refractivity contribution is 5.91. The SMILES string of the molecule is O=C(/C=C/c1cccnc1)NCc1ccc(C(F)(F)F)cc1. The van der Waals surface area contributed by atoms with Crippen LogP contribution in [0.25, 0.3) is 6.08 Å². The molecular formula is C16H13F3N2O. The van der Waals surface area contributed by atoms with Crippen LogP contribution in [-0.4, -0.2) is 10.9 Å². The summed E-state index contributed by atoms with van der Waals surface area (Å²) in [4.78, 5) is 15.5. The van der Waals surface area contributed by atoms with E-state index in [1.165, 1.54) is 18.2 Å². The number of aromatic nitrogens is 1. The van der Waals surface area contributed by atoms with Crippen molar-refractivity contribution in [3.8, 4) is 0 Å². The lowest BCUT2D eigenvalue weighted by Crippen LogP contribution is -2.20. The highest BCUT2D eigenvalue weighted by atomic mass is 19.4. The van der Waals surface area contributed by atoms with Crippen LogP contribution in [0.4, 0.5) is 13.2 Å². The summed E-state index contributed by atoms with van der Waals surface area (Å²) in [6, 6.07) is 8.22. The summed E-state index contributed by atoms with van der Waals surface area (Å²) in [5, 5.41) is 2.60. The van der Waals surface area contributed by atoms with Crippen LogP contribution in [-0.2, 0) is 17.5 Å². The molecule has 1 amide bonds. The molecular weight excluding hydrogens is 293 g/mol. The van der Waals surface area contributed by atoms with Crippen molar-refractivity contribution in [3.63, 3.8) is 0 Å². The fraction of sp³-hybridized carbons (Fsp3) is 0.125. The third-order valence-electron chi connectivity index (χ3n) is 2.86. The first-order chi connectivity index (χ1) is 10.4. The van der Waals surface area contributed by atoms with Gasteiger partial charge in [-0.2, -0.15) is 13.2 Å². The normalized spacial score (nSPS) is 11.6. The van der Waals surface area contributed by atoms with Crippen LogP contribution >= 0.6 is 0 Å². The number of nitrogens with zero attached hydrogens (tertiary/aromatic N) is 1. The Hall–Kier alpha value is -2.63. The Morgan fingerprint density at radius 1 is 1.18 bits per heavy atom. The molecule has 1 aromatic carbocycles. The zero-order valence-corrected chi connectivity index (χ0v) is 11.5. The third-order valence-corrected chi connectivity index (χ3v) is 2.86. The number of rotatable bonds is 4. The van der Waals surface area contributed by atoms with Crippen molar-refractivity contribution in [3.05, 3.63) is 71.6 Å². The molecule has 0 unspecified atom stereocenters. The van der Waals surface area contributed by atoms with Gasteiger partial charge in [-0.3, -0.25) is 9.78 Å². The molecule has 0 saturated carbocycles. The minimum absolute atomic E-state index is 0.161. The number of nitrogens with one attached hydrogen (secondary N) is 1. The minimum atomic E-state index is -4.35. The van der Waals surface area contributed by atoms with Crippen molar-refractivity contribution in [2.24, 2.45) is 0 Å². The first kappa shape index (κ1) is 15.8. The Morgan fingerprint density at radius 2 is 1.91 bits per heavy atom. The van der Waals surface area contributed by atoms with E-state index in [0.717, 1.165) is 17.7 Å². The van der Waals surface area contributed by atoms with Gasteiger partial charge in [0, 0.05) is 25.0 Å². The van der Waals surface area contributed by atoms with Gasteiger partial charge < -0.3 is 5.32 Å². The van der Waals surface area contributed by atoms with Gasteiger partial charge in [0.05, 0.1) is 5.56 Å². The number of hydrogen-bond donors (Lipinski definition) is 1. The van der Waals surface area contributed by atoms with Crippen molar-refractivity contribution in [2.45, 2.75) is 12.7 Å². The molecule has 0 bridgehead atoms. The first-order valence-corrected chi connectivity index (χ1v) is 6.47. The van der Waals surface area contributed by atoms with Crippen molar-refractivity contribution in [2.75, 3.05) is 0 Å². The predicted molar refractivity (Wildman–Crippen MR) is 76.6 cm³/mol. The van der Waals surface area contributed by atoms with Gasteiger partial charge >= 0.3 is 6.18 Å². The van der Waals surface area contributed by atoms with Gasteiger partial charge in [0.2, 0.25) is 5.91 Å². The van der Waals surface area contributed by atoms with E-state index in [0.29, 0.717) is 5.56 Å². The standard InChI is InChI=1S/C16H13F3N2O/c17-16(18,19)14-6-3-13(4-7-14)11-21-15(22)8-5-12-2-1-9-20-10-12/h1-10H,11H2,(H,21,22)/b8-5+. The van der Waals surface area contributed by atoms with Crippen LogP contribution < -0.4 is 5.32 Å². The molecule has 22 heavy (non-hydrogen) atoms. The zero-order valence-electron chi connectivity index (χ0n) is 11.5. The second kappa shape index (κ2) is 6.89. The Bertz CT molecular complexity index is 649. The number of amides is 1. The molecule has 2 aromatic rings. The Morgan fingerprint density at radius 3 is 2.50 bits per heavy atom. The molecule has 2 rings (SSSR count). The van der Waals surface area contributed by atoms with Crippen molar-refractivity contribution >= 4 is 12.0 Å². The van der Waals surface area contributed by atoms with E-state index in [2.05, 4.69) is 10.3 Å². The van der Waals surface area contributed by atoms with Crippen LogP contribution in [0.15, 0.2) is 54.9 Å². The lowest BCUT2D eigenvalue weighted by molar-refractivity contribution is -0.137. The summed E-state index contributed by atoms with van der Waals surface area (Å²) >= 11 is 0. The molecule has 1 aromatic heterocycles. The van der Waals surface area contributed by atoms with Crippen molar-refractivity contribution in [1.82, 2.24) is 10.3 Å². The quantitative estimate of drug-likeness (QED) is 0.879. The fourth-order valence-corrected chi connectivity index (χ4v) is 1.71. The van der Waals surface area contributed by atoms with Crippen LogP contribution in [0.1, 0.15) is 16.7 Å². The lowest BCUT2D eigenvalue weighted by atomic mass is 10.1. The van der Waals surface area contributed by atoms with Crippen LogP contribution in [0.2, 0.25) is 0 Å². The molecule has 0 fully saturated rings. The second-order valence-corrected chi connectivity index (χ2v) is 4.53. The molecule has 0 aliphatic rings. The molecule has 0 aliphatic heterocycles. The van der Waals surface area contributed by atoms with Gasteiger partial charge in [-0.05, 0) is 35.4 Å². The molecule has 0 radical (unpaired) electrons. The maximum Gasteiger partial charge on any atom is 0.416 e. The van der Waals surface area contributed by atoms with Gasteiger partial charge in [0.1, 0.15) is 0 Å². The summed E-state index contributed by atoms with van der Waals surface area (Å²) < 4.78 is 37.2. The van der Waals surface area contributed by atoms with E-state index in [1.807, 2.05) is 0 Å². The van der Waals surface area contributed by atoms with Crippen LogP contribution in [0, 0.1) is 0 Å². The largest absolute Gasteiger partial charge is 0.416 e. The van der Waals surface area contributed by atoms with Gasteiger partial charge in [0.15, 0.2) is 0 Å². The topological polar surface area (TPSA) is 42.0 Å². The van der Waals surface area contributed by atoms with Crippen LogP contribution in [0.3, 0.4) is 0 Å². The maximum absolute atomic E-state index is 12.4. The van der Waals surface area contributed by atoms with E-state index in [9.17, 15) is 18.0 Å². The number of hydrogen-bond acceptors (Lipinski definition) is 2. The number of benzene rings is 1. The molecule has 114 valence electrons. The molecule has 6 heteroatoms. The maximum atomic E-state index is 12.4. The number of pyridine rings is 1. The fourth-order valence-electron chi connectivity index (χ4n) is 1.71. The Kier molecular flexibility index (Phi) is 4.93. The molecule has 0 atom stereocenters. The number of halogens is 3. The molecule has 1 heterocycles. The summed E-state index contributed by atoms with van der Waals surface area (Å²) in [7, 11) is 0. The lowest BCUT2D eigenvalue weighted by Gasteiger charge is -2.07. The highest BCUT2D eigenvalue weighted by Gasteiger charge is 2.29. The molecule has 0 spiro atoms. The van der Waals surface area contributed by atoms with E-state index < -0.39 is 11.7 Å². The predicted octanol–water partition coefficient (Wildman–Crippen LogP) is 3.43. The Labute approximate surface area is 125 Å². The van der Waals surface area contributed by atoms with Gasteiger partial charge in [-0.15, -0.1) is 0 Å². The van der Waals surface area contributed by atoms with E-state index in [1.54, 1.807) is 30.6 Å². The summed E-state index contributed by atoms with van der Waals surface area (Å²) in [5.74, 6) is -0.330. The molecule has 0 aliphatic carbocycles. The molecule has 0 saturated heterocycles. The number of carbonyl (C=O) groups excluding carboxylic acids is 1. The summed E-state index contributed by atoms with van der Waals surface area (Å²) in [6.45, 7) is 0.161. The first-order valence-electron chi connectivity index (χ1n) is 6.47. The third kappa shape index (κ3) is 4.73.